The van der Waals surface area contributed by atoms with E-state index < -0.39 is 4.92 Å². The summed E-state index contributed by atoms with van der Waals surface area (Å²) in [6.45, 7) is 1.40. The SMILES string of the molecule is O=[N+]([O-])c1ccc(NCCc2nccn2Cc2ccccc2)c(Cl)c1. The Balaban J connectivity index is 1.60. The van der Waals surface area contributed by atoms with Gasteiger partial charge in [-0.05, 0) is 11.6 Å². The van der Waals surface area contributed by atoms with Gasteiger partial charge in [-0.15, -0.1) is 0 Å². The third-order valence-corrected chi connectivity index (χ3v) is 4.14. The molecule has 7 heteroatoms. The number of anilines is 1. The third kappa shape index (κ3) is 4.36. The molecule has 0 amide bonds. The van der Waals surface area contributed by atoms with E-state index in [-0.39, 0.29) is 5.69 Å². The first-order valence-electron chi connectivity index (χ1n) is 7.85. The average molecular weight is 357 g/mol. The summed E-state index contributed by atoms with van der Waals surface area (Å²) in [7, 11) is 0. The molecule has 0 aliphatic heterocycles. The second-order valence-electron chi connectivity index (χ2n) is 5.56. The molecule has 0 unspecified atom stereocenters. The molecule has 0 aliphatic carbocycles. The van der Waals surface area contributed by atoms with Gasteiger partial charge in [0.15, 0.2) is 0 Å². The zero-order valence-corrected chi connectivity index (χ0v) is 14.2. The van der Waals surface area contributed by atoms with Crippen LogP contribution in [0.4, 0.5) is 11.4 Å². The summed E-state index contributed by atoms with van der Waals surface area (Å²) in [5.74, 6) is 0.967. The van der Waals surface area contributed by atoms with Gasteiger partial charge in [0.05, 0.1) is 15.6 Å². The fourth-order valence-electron chi connectivity index (χ4n) is 2.56. The molecule has 1 heterocycles. The molecule has 128 valence electrons. The number of hydrogen-bond acceptors (Lipinski definition) is 4. The molecule has 0 aliphatic rings. The minimum atomic E-state index is -0.462. The molecule has 0 atom stereocenters. The molecule has 6 nitrogen and oxygen atoms in total. The molecule has 0 bridgehead atoms. The van der Waals surface area contributed by atoms with Gasteiger partial charge >= 0.3 is 0 Å². The van der Waals surface area contributed by atoms with E-state index in [9.17, 15) is 10.1 Å². The largest absolute Gasteiger partial charge is 0.383 e. The Morgan fingerprint density at radius 2 is 2.00 bits per heavy atom. The van der Waals surface area contributed by atoms with Gasteiger partial charge in [-0.2, -0.15) is 0 Å². The Hall–Kier alpha value is -2.86. The zero-order valence-electron chi connectivity index (χ0n) is 13.4. The van der Waals surface area contributed by atoms with E-state index in [0.29, 0.717) is 23.7 Å². The van der Waals surface area contributed by atoms with Crippen molar-refractivity contribution < 1.29 is 4.92 Å². The van der Waals surface area contributed by atoms with E-state index in [4.69, 9.17) is 11.6 Å². The molecule has 0 saturated carbocycles. The van der Waals surface area contributed by atoms with Gasteiger partial charge in [0.2, 0.25) is 0 Å². The molecule has 25 heavy (non-hydrogen) atoms. The van der Waals surface area contributed by atoms with Gasteiger partial charge < -0.3 is 9.88 Å². The first kappa shape index (κ1) is 17.0. The normalized spacial score (nSPS) is 10.6. The van der Waals surface area contributed by atoms with Crippen molar-refractivity contribution in [3.63, 3.8) is 0 Å². The van der Waals surface area contributed by atoms with Crippen LogP contribution in [0.3, 0.4) is 0 Å². The number of halogens is 1. The van der Waals surface area contributed by atoms with Gasteiger partial charge in [0.25, 0.3) is 5.69 Å². The molecule has 0 fully saturated rings. The van der Waals surface area contributed by atoms with Crippen LogP contribution in [0.2, 0.25) is 5.02 Å². The number of imidazole rings is 1. The molecule has 0 saturated heterocycles. The lowest BCUT2D eigenvalue weighted by Crippen LogP contribution is -2.11. The van der Waals surface area contributed by atoms with Gasteiger partial charge in [0.1, 0.15) is 5.82 Å². The van der Waals surface area contributed by atoms with Crippen LogP contribution < -0.4 is 5.32 Å². The highest BCUT2D eigenvalue weighted by molar-refractivity contribution is 6.33. The van der Waals surface area contributed by atoms with Crippen molar-refractivity contribution in [2.75, 3.05) is 11.9 Å². The Morgan fingerprint density at radius 1 is 1.20 bits per heavy atom. The zero-order chi connectivity index (χ0) is 17.6. The minimum absolute atomic E-state index is 0.0195. The van der Waals surface area contributed by atoms with Crippen molar-refractivity contribution in [3.8, 4) is 0 Å². The van der Waals surface area contributed by atoms with Crippen molar-refractivity contribution in [3.05, 3.63) is 87.4 Å². The van der Waals surface area contributed by atoms with Crippen LogP contribution in [-0.4, -0.2) is 21.0 Å². The summed E-state index contributed by atoms with van der Waals surface area (Å²) in [6, 6.07) is 14.6. The van der Waals surface area contributed by atoms with Gasteiger partial charge in [0, 0.05) is 44.0 Å². The quantitative estimate of drug-likeness (QED) is 0.510. The second kappa shape index (κ2) is 7.81. The highest BCUT2D eigenvalue weighted by atomic mass is 35.5. The standard InChI is InChI=1S/C18H17ClN4O2/c19-16-12-15(23(24)25)6-7-17(16)20-9-8-18-21-10-11-22(18)13-14-4-2-1-3-5-14/h1-7,10-12,20H,8-9,13H2. The highest BCUT2D eigenvalue weighted by Crippen LogP contribution is 2.26. The fraction of sp³-hybridized carbons (Fsp3) is 0.167. The number of nitrogens with zero attached hydrogens (tertiary/aromatic N) is 3. The van der Waals surface area contributed by atoms with E-state index in [1.807, 2.05) is 24.4 Å². The van der Waals surface area contributed by atoms with Crippen LogP contribution in [0.5, 0.6) is 0 Å². The topological polar surface area (TPSA) is 73.0 Å². The van der Waals surface area contributed by atoms with E-state index >= 15 is 0 Å². The van der Waals surface area contributed by atoms with Crippen molar-refractivity contribution in [2.24, 2.45) is 0 Å². The first-order chi connectivity index (χ1) is 12.1. The minimum Gasteiger partial charge on any atom is -0.383 e. The Morgan fingerprint density at radius 3 is 2.72 bits per heavy atom. The molecule has 3 rings (SSSR count). The van der Waals surface area contributed by atoms with Crippen molar-refractivity contribution in [1.29, 1.82) is 0 Å². The number of hydrogen-bond donors (Lipinski definition) is 1. The van der Waals surface area contributed by atoms with Gasteiger partial charge in [-0.25, -0.2) is 4.98 Å². The molecule has 0 spiro atoms. The molecule has 0 radical (unpaired) electrons. The number of nitrogens with one attached hydrogen (secondary N) is 1. The first-order valence-corrected chi connectivity index (χ1v) is 8.23. The molecular weight excluding hydrogens is 340 g/mol. The molecule has 2 aromatic carbocycles. The Kier molecular flexibility index (Phi) is 5.30. The van der Waals surface area contributed by atoms with Crippen molar-refractivity contribution in [2.45, 2.75) is 13.0 Å². The van der Waals surface area contributed by atoms with Crippen LogP contribution in [0.15, 0.2) is 60.9 Å². The van der Waals surface area contributed by atoms with Gasteiger partial charge in [-0.1, -0.05) is 41.9 Å². The predicted octanol–water partition coefficient (Wildman–Crippen LogP) is 4.15. The van der Waals surface area contributed by atoms with Crippen molar-refractivity contribution >= 4 is 23.0 Å². The lowest BCUT2D eigenvalue weighted by atomic mass is 10.2. The van der Waals surface area contributed by atoms with Crippen molar-refractivity contribution in [1.82, 2.24) is 9.55 Å². The third-order valence-electron chi connectivity index (χ3n) is 3.82. The summed E-state index contributed by atoms with van der Waals surface area (Å²) in [5.41, 5.74) is 1.87. The molecule has 1 N–H and O–H groups in total. The van der Waals surface area contributed by atoms with Crippen LogP contribution in [-0.2, 0) is 13.0 Å². The molecule has 3 aromatic rings. The highest BCUT2D eigenvalue weighted by Gasteiger charge is 2.09. The lowest BCUT2D eigenvalue weighted by molar-refractivity contribution is -0.384. The number of non-ortho nitro benzene ring substituents is 1. The number of nitro benzene ring substituents is 1. The number of rotatable bonds is 7. The summed E-state index contributed by atoms with van der Waals surface area (Å²) in [6.07, 6.45) is 4.46. The van der Waals surface area contributed by atoms with E-state index in [1.54, 1.807) is 12.3 Å². The van der Waals surface area contributed by atoms with Crippen LogP contribution in [0, 0.1) is 10.1 Å². The maximum atomic E-state index is 10.7. The Bertz CT molecular complexity index is 865. The van der Waals surface area contributed by atoms with E-state index in [1.165, 1.54) is 17.7 Å². The number of nitro groups is 1. The summed E-state index contributed by atoms with van der Waals surface area (Å²) in [5, 5.41) is 14.3. The lowest BCUT2D eigenvalue weighted by Gasteiger charge is -2.10. The second-order valence-corrected chi connectivity index (χ2v) is 5.96. The Labute approximate surface area is 150 Å². The summed E-state index contributed by atoms with van der Waals surface area (Å²) >= 11 is 6.08. The monoisotopic (exact) mass is 356 g/mol. The summed E-state index contributed by atoms with van der Waals surface area (Å²) in [4.78, 5) is 14.7. The van der Waals surface area contributed by atoms with Crippen LogP contribution >= 0.6 is 11.6 Å². The van der Waals surface area contributed by atoms with Crippen LogP contribution in [0.25, 0.3) is 0 Å². The average Bonchev–Trinajstić information content (AvgIpc) is 3.04. The number of aromatic nitrogens is 2. The van der Waals surface area contributed by atoms with E-state index in [2.05, 4.69) is 27.0 Å². The predicted molar refractivity (Wildman–Crippen MR) is 98.1 cm³/mol. The maximum absolute atomic E-state index is 10.7. The van der Waals surface area contributed by atoms with Gasteiger partial charge in [-0.3, -0.25) is 10.1 Å². The number of benzene rings is 2. The van der Waals surface area contributed by atoms with Crippen LogP contribution in [0.1, 0.15) is 11.4 Å². The smallest absolute Gasteiger partial charge is 0.271 e. The molecular formula is C18H17ClN4O2. The van der Waals surface area contributed by atoms with E-state index in [0.717, 1.165) is 12.4 Å². The summed E-state index contributed by atoms with van der Waals surface area (Å²) < 4.78 is 2.11. The maximum Gasteiger partial charge on any atom is 0.271 e. The fourth-order valence-corrected chi connectivity index (χ4v) is 2.80. The molecule has 1 aromatic heterocycles.